The third-order valence-electron chi connectivity index (χ3n) is 4.52. The summed E-state index contributed by atoms with van der Waals surface area (Å²) in [5, 5.41) is 11.7. The number of fused-ring (bicyclic) bond motifs is 1. The van der Waals surface area contributed by atoms with E-state index in [4.69, 9.17) is 9.47 Å². The summed E-state index contributed by atoms with van der Waals surface area (Å²) in [5.41, 5.74) is -0.248. The van der Waals surface area contributed by atoms with Gasteiger partial charge in [-0.25, -0.2) is 0 Å². The summed E-state index contributed by atoms with van der Waals surface area (Å²) in [6, 6.07) is 4.25. The van der Waals surface area contributed by atoms with Crippen LogP contribution < -0.4 is 15.0 Å². The van der Waals surface area contributed by atoms with Gasteiger partial charge in [-0.2, -0.15) is 0 Å². The van der Waals surface area contributed by atoms with E-state index in [2.05, 4.69) is 6.92 Å². The molecule has 0 spiro atoms. The molecule has 0 atom stereocenters. The Balaban J connectivity index is 2.60. The monoisotopic (exact) mass is 390 g/mol. The number of nitrogens with zero attached hydrogens (tertiary/aromatic N) is 2. The Morgan fingerprint density at radius 1 is 1.11 bits per heavy atom. The highest BCUT2D eigenvalue weighted by Crippen LogP contribution is 2.34. The summed E-state index contributed by atoms with van der Waals surface area (Å²) in [4.78, 5) is 34.6. The summed E-state index contributed by atoms with van der Waals surface area (Å²) in [7, 11) is 0. The van der Waals surface area contributed by atoms with Crippen LogP contribution in [0.25, 0.3) is 10.9 Å². The lowest BCUT2D eigenvalue weighted by Gasteiger charge is -2.17. The number of non-ortho nitro benzene ring substituents is 1. The molecule has 0 amide bonds. The first-order valence-corrected chi connectivity index (χ1v) is 9.63. The van der Waals surface area contributed by atoms with Crippen LogP contribution in [0.4, 0.5) is 5.69 Å². The maximum absolute atomic E-state index is 12.9. The van der Waals surface area contributed by atoms with Crippen LogP contribution >= 0.6 is 0 Å². The van der Waals surface area contributed by atoms with E-state index in [-0.39, 0.29) is 23.7 Å². The molecule has 0 saturated heterocycles. The van der Waals surface area contributed by atoms with Crippen molar-refractivity contribution >= 4 is 23.1 Å². The molecule has 0 N–H and O–H groups in total. The van der Waals surface area contributed by atoms with Gasteiger partial charge in [-0.3, -0.25) is 19.7 Å². The quantitative estimate of drug-likeness (QED) is 0.233. The molecule has 0 radical (unpaired) electrons. The standard InChI is InChI=1S/C20H26N2O6/c1-3-5-7-8-12-27-18-16-10-9-15(22(25)26)13-17(16)21(11-6-4-2)20(24)19(18)28-14-23/h9-10,13-14H,3-8,11-12H2,1-2H3. The second-order valence-electron chi connectivity index (χ2n) is 6.55. The maximum atomic E-state index is 12.9. The largest absolute Gasteiger partial charge is 0.489 e. The highest BCUT2D eigenvalue weighted by molar-refractivity contribution is 5.90. The lowest BCUT2D eigenvalue weighted by atomic mass is 10.1. The average molecular weight is 390 g/mol. The van der Waals surface area contributed by atoms with Crippen LogP contribution in [0, 0.1) is 10.1 Å². The summed E-state index contributed by atoms with van der Waals surface area (Å²) in [6.45, 7) is 5.00. The predicted octanol–water partition coefficient (Wildman–Crippen LogP) is 4.20. The number of hydrogen-bond acceptors (Lipinski definition) is 6. The highest BCUT2D eigenvalue weighted by Gasteiger charge is 2.21. The predicted molar refractivity (Wildman–Crippen MR) is 106 cm³/mol. The van der Waals surface area contributed by atoms with E-state index < -0.39 is 10.5 Å². The van der Waals surface area contributed by atoms with Gasteiger partial charge >= 0.3 is 0 Å². The SMILES string of the molecule is CCCCCCOc1c(OC=O)c(=O)n(CCCC)c2cc([N+](=O)[O-])ccc12. The average Bonchev–Trinajstić information content (AvgIpc) is 2.69. The topological polar surface area (TPSA) is 101 Å². The Bertz CT molecular complexity index is 890. The molecule has 1 heterocycles. The molecule has 0 bridgehead atoms. The zero-order chi connectivity index (χ0) is 20.5. The number of pyridine rings is 1. The molecule has 0 aliphatic heterocycles. The molecule has 8 heteroatoms. The Hall–Kier alpha value is -2.90. The Labute approximate surface area is 163 Å². The molecule has 1 aromatic carbocycles. The van der Waals surface area contributed by atoms with Gasteiger partial charge < -0.3 is 14.0 Å². The maximum Gasteiger partial charge on any atom is 0.298 e. The van der Waals surface area contributed by atoms with Gasteiger partial charge in [-0.05, 0) is 18.9 Å². The lowest BCUT2D eigenvalue weighted by Crippen LogP contribution is -2.24. The molecular formula is C20H26N2O6. The normalized spacial score (nSPS) is 10.8. The van der Waals surface area contributed by atoms with Crippen molar-refractivity contribution in [2.75, 3.05) is 6.61 Å². The Morgan fingerprint density at radius 3 is 2.50 bits per heavy atom. The van der Waals surface area contributed by atoms with Crippen molar-refractivity contribution in [1.82, 2.24) is 4.57 Å². The van der Waals surface area contributed by atoms with Crippen molar-refractivity contribution in [3.8, 4) is 11.5 Å². The molecule has 0 aliphatic rings. The number of aryl methyl sites for hydroxylation is 1. The van der Waals surface area contributed by atoms with Crippen molar-refractivity contribution in [1.29, 1.82) is 0 Å². The fourth-order valence-corrected chi connectivity index (χ4v) is 3.04. The molecule has 0 fully saturated rings. The number of carbonyl (C=O) groups excluding carboxylic acids is 1. The fraction of sp³-hybridized carbons (Fsp3) is 0.500. The van der Waals surface area contributed by atoms with Crippen LogP contribution in [0.5, 0.6) is 11.5 Å². The van der Waals surface area contributed by atoms with Crippen molar-refractivity contribution in [2.45, 2.75) is 58.9 Å². The van der Waals surface area contributed by atoms with Gasteiger partial charge in [0.15, 0.2) is 5.75 Å². The molecule has 0 saturated carbocycles. The molecular weight excluding hydrogens is 364 g/mol. The third kappa shape index (κ3) is 4.88. The van der Waals surface area contributed by atoms with Crippen molar-refractivity contribution < 1.29 is 19.2 Å². The van der Waals surface area contributed by atoms with E-state index >= 15 is 0 Å². The van der Waals surface area contributed by atoms with Crippen LogP contribution in [0.15, 0.2) is 23.0 Å². The number of nitro benzene ring substituents is 1. The fourth-order valence-electron chi connectivity index (χ4n) is 3.04. The number of hydrogen-bond donors (Lipinski definition) is 0. The zero-order valence-electron chi connectivity index (χ0n) is 16.3. The minimum absolute atomic E-state index is 0.116. The first kappa shape index (κ1) is 21.4. The summed E-state index contributed by atoms with van der Waals surface area (Å²) >= 11 is 0. The summed E-state index contributed by atoms with van der Waals surface area (Å²) in [5.74, 6) is -0.0193. The van der Waals surface area contributed by atoms with Crippen molar-refractivity contribution in [3.63, 3.8) is 0 Å². The zero-order valence-corrected chi connectivity index (χ0v) is 16.3. The van der Waals surface area contributed by atoms with E-state index in [1.54, 1.807) is 0 Å². The summed E-state index contributed by atoms with van der Waals surface area (Å²) in [6.07, 6.45) is 5.48. The van der Waals surface area contributed by atoms with Crippen molar-refractivity contribution in [3.05, 3.63) is 38.7 Å². The number of ether oxygens (including phenoxy) is 2. The Morgan fingerprint density at radius 2 is 1.86 bits per heavy atom. The van der Waals surface area contributed by atoms with Gasteiger partial charge in [0.2, 0.25) is 5.75 Å². The van der Waals surface area contributed by atoms with Gasteiger partial charge in [0.1, 0.15) is 0 Å². The van der Waals surface area contributed by atoms with Crippen LogP contribution in [-0.2, 0) is 11.3 Å². The molecule has 0 unspecified atom stereocenters. The molecule has 8 nitrogen and oxygen atoms in total. The Kier molecular flexibility index (Phi) is 7.98. The number of benzene rings is 1. The minimum Gasteiger partial charge on any atom is -0.489 e. The van der Waals surface area contributed by atoms with E-state index in [9.17, 15) is 19.7 Å². The molecule has 1 aromatic heterocycles. The van der Waals surface area contributed by atoms with Crippen LogP contribution in [0.1, 0.15) is 52.4 Å². The molecule has 0 aliphatic carbocycles. The number of carbonyl (C=O) groups is 1. The van der Waals surface area contributed by atoms with E-state index in [1.807, 2.05) is 6.92 Å². The minimum atomic E-state index is -0.530. The van der Waals surface area contributed by atoms with Crippen molar-refractivity contribution in [2.24, 2.45) is 0 Å². The van der Waals surface area contributed by atoms with Gasteiger partial charge in [0.25, 0.3) is 17.7 Å². The molecule has 152 valence electrons. The second kappa shape index (κ2) is 10.4. The van der Waals surface area contributed by atoms with Crippen LogP contribution in [0.3, 0.4) is 0 Å². The number of aromatic nitrogens is 1. The second-order valence-corrected chi connectivity index (χ2v) is 6.55. The van der Waals surface area contributed by atoms with Gasteiger partial charge in [-0.15, -0.1) is 0 Å². The number of rotatable bonds is 12. The molecule has 2 rings (SSSR count). The molecule has 28 heavy (non-hydrogen) atoms. The van der Waals surface area contributed by atoms with Gasteiger partial charge in [-0.1, -0.05) is 39.5 Å². The van der Waals surface area contributed by atoms with Crippen LogP contribution in [0.2, 0.25) is 0 Å². The molecule has 2 aromatic rings. The first-order valence-electron chi connectivity index (χ1n) is 9.63. The third-order valence-corrected chi connectivity index (χ3v) is 4.52. The summed E-state index contributed by atoms with van der Waals surface area (Å²) < 4.78 is 12.2. The smallest absolute Gasteiger partial charge is 0.298 e. The van der Waals surface area contributed by atoms with E-state index in [0.29, 0.717) is 30.5 Å². The first-order chi connectivity index (χ1) is 13.5. The number of unbranched alkanes of at least 4 members (excludes halogenated alkanes) is 4. The van der Waals surface area contributed by atoms with Gasteiger partial charge in [0.05, 0.1) is 17.0 Å². The van der Waals surface area contributed by atoms with Crippen LogP contribution in [-0.4, -0.2) is 22.6 Å². The highest BCUT2D eigenvalue weighted by atomic mass is 16.6. The lowest BCUT2D eigenvalue weighted by molar-refractivity contribution is -0.384. The van der Waals surface area contributed by atoms with Gasteiger partial charge in [0, 0.05) is 24.1 Å². The van der Waals surface area contributed by atoms with E-state index in [1.165, 1.54) is 22.8 Å². The van der Waals surface area contributed by atoms with E-state index in [0.717, 1.165) is 32.1 Å². The number of nitro groups is 1.